The Morgan fingerprint density at radius 2 is 0.542 bits per heavy atom. The summed E-state index contributed by atoms with van der Waals surface area (Å²) in [5.41, 5.74) is 0. The number of carbonyl (C=O) groups is 3. The van der Waals surface area contributed by atoms with Crippen LogP contribution < -0.4 is 0 Å². The van der Waals surface area contributed by atoms with E-state index in [2.05, 4.69) is 106 Å². The van der Waals surface area contributed by atoms with E-state index in [9.17, 15) is 14.4 Å². The minimum atomic E-state index is -0.786. The van der Waals surface area contributed by atoms with Crippen LogP contribution in [0.25, 0.3) is 0 Å². The fourth-order valence-electron chi connectivity index (χ4n) is 8.60. The van der Waals surface area contributed by atoms with Crippen molar-refractivity contribution in [2.24, 2.45) is 0 Å². The summed E-state index contributed by atoms with van der Waals surface area (Å²) in [4.78, 5) is 37.9. The average Bonchev–Trinajstić information content (AvgIpc) is 3.38. The first-order valence-electron chi connectivity index (χ1n) is 30.6. The second-order valence-corrected chi connectivity index (χ2v) is 20.2. The smallest absolute Gasteiger partial charge is 0.306 e. The van der Waals surface area contributed by atoms with Crippen molar-refractivity contribution in [3.8, 4) is 0 Å². The maximum atomic E-state index is 12.8. The first-order chi connectivity index (χ1) is 35.5. The third kappa shape index (κ3) is 57.5. The molecule has 6 nitrogen and oxygen atoms in total. The molecule has 1 atom stereocenters. The lowest BCUT2D eigenvalue weighted by Crippen LogP contribution is -2.30. The van der Waals surface area contributed by atoms with Gasteiger partial charge >= 0.3 is 17.9 Å². The molecule has 0 saturated heterocycles. The number of hydrogen-bond donors (Lipinski definition) is 0. The zero-order valence-electron chi connectivity index (χ0n) is 47.4. The van der Waals surface area contributed by atoms with E-state index >= 15 is 0 Å². The molecule has 0 aliphatic rings. The molecule has 0 aromatic carbocycles. The number of ether oxygens (including phenoxy) is 3. The van der Waals surface area contributed by atoms with E-state index in [-0.39, 0.29) is 31.1 Å². The average molecular weight is 1000 g/mol. The van der Waals surface area contributed by atoms with Gasteiger partial charge in [0.2, 0.25) is 0 Å². The molecular formula is C66H114O6. The van der Waals surface area contributed by atoms with Crippen LogP contribution in [0.15, 0.2) is 85.1 Å². The standard InChI is InChI=1S/C66H114O6/c1-4-7-10-13-15-17-19-21-23-25-27-29-31-33-35-36-38-40-42-44-46-48-50-53-56-59-65(68)71-62-63(61-70-64(67)58-55-52-12-9-6-3)72-66(69)60-57-54-51-49-47-45-43-41-39-37-34-32-30-28-26-24-22-20-18-16-14-11-8-5-2/h7,10,15,17,21,23,27,29,33,35,38,40,44,46,63H,4-6,8-9,11-14,16,18-20,22,24-26,28,30-32,34,36-37,39,41-43,45,47-62H2,1-3H3/b10-7-,17-15-,23-21-,29-27-,35-33-,40-38-,46-44-. The first kappa shape index (κ1) is 68.6. The summed E-state index contributed by atoms with van der Waals surface area (Å²) >= 11 is 0. The Bertz CT molecular complexity index is 1380. The van der Waals surface area contributed by atoms with Crippen molar-refractivity contribution in [2.45, 2.75) is 303 Å². The molecule has 0 aliphatic heterocycles. The molecule has 0 saturated carbocycles. The molecule has 0 fully saturated rings. The zero-order valence-corrected chi connectivity index (χ0v) is 47.4. The summed E-state index contributed by atoms with van der Waals surface area (Å²) < 4.78 is 16.7. The van der Waals surface area contributed by atoms with E-state index in [1.807, 2.05) is 0 Å². The predicted octanol–water partition coefficient (Wildman–Crippen LogP) is 20.7. The lowest BCUT2D eigenvalue weighted by atomic mass is 10.0. The van der Waals surface area contributed by atoms with Crippen LogP contribution in [0.5, 0.6) is 0 Å². The molecule has 0 aliphatic carbocycles. The molecule has 1 unspecified atom stereocenters. The number of hydrogen-bond acceptors (Lipinski definition) is 6. The van der Waals surface area contributed by atoms with Gasteiger partial charge in [-0.2, -0.15) is 0 Å². The van der Waals surface area contributed by atoms with Gasteiger partial charge in [0, 0.05) is 19.3 Å². The second kappa shape index (κ2) is 60.1. The molecule has 6 heteroatoms. The highest BCUT2D eigenvalue weighted by Crippen LogP contribution is 2.17. The lowest BCUT2D eigenvalue weighted by molar-refractivity contribution is -0.167. The first-order valence-corrected chi connectivity index (χ1v) is 30.6. The van der Waals surface area contributed by atoms with Gasteiger partial charge in [-0.1, -0.05) is 286 Å². The molecule has 0 radical (unpaired) electrons. The monoisotopic (exact) mass is 1000 g/mol. The molecule has 72 heavy (non-hydrogen) atoms. The predicted molar refractivity (Wildman–Crippen MR) is 311 cm³/mol. The molecule has 0 N–H and O–H groups in total. The van der Waals surface area contributed by atoms with Gasteiger partial charge in [-0.15, -0.1) is 0 Å². The van der Waals surface area contributed by atoms with E-state index in [1.165, 1.54) is 141 Å². The Labute approximate surface area is 445 Å². The van der Waals surface area contributed by atoms with Gasteiger partial charge < -0.3 is 14.2 Å². The van der Waals surface area contributed by atoms with E-state index in [0.717, 1.165) is 116 Å². The van der Waals surface area contributed by atoms with Gasteiger partial charge in [0.05, 0.1) is 0 Å². The molecule has 0 aromatic heterocycles. The molecule has 0 aromatic rings. The van der Waals surface area contributed by atoms with Crippen LogP contribution in [-0.4, -0.2) is 37.2 Å². The van der Waals surface area contributed by atoms with E-state index < -0.39 is 6.10 Å². The minimum absolute atomic E-state index is 0.0862. The van der Waals surface area contributed by atoms with Crippen LogP contribution in [0.3, 0.4) is 0 Å². The van der Waals surface area contributed by atoms with Crippen LogP contribution >= 0.6 is 0 Å². The number of esters is 3. The summed E-state index contributed by atoms with van der Waals surface area (Å²) in [6.07, 6.45) is 79.2. The van der Waals surface area contributed by atoms with Crippen LogP contribution in [0.1, 0.15) is 297 Å². The van der Waals surface area contributed by atoms with E-state index in [0.29, 0.717) is 19.3 Å². The van der Waals surface area contributed by atoms with Gasteiger partial charge in [-0.25, -0.2) is 0 Å². The van der Waals surface area contributed by atoms with Crippen molar-refractivity contribution in [1.82, 2.24) is 0 Å². The Kier molecular flexibility index (Phi) is 57.3. The maximum absolute atomic E-state index is 12.8. The highest BCUT2D eigenvalue weighted by Gasteiger charge is 2.19. The Morgan fingerprint density at radius 3 is 0.847 bits per heavy atom. The molecule has 0 rings (SSSR count). The summed E-state index contributed by atoms with van der Waals surface area (Å²) in [6, 6.07) is 0. The fraction of sp³-hybridized carbons (Fsp3) is 0.742. The van der Waals surface area contributed by atoms with Crippen molar-refractivity contribution < 1.29 is 28.6 Å². The van der Waals surface area contributed by atoms with Crippen molar-refractivity contribution in [3.63, 3.8) is 0 Å². The number of allylic oxidation sites excluding steroid dienone is 14. The van der Waals surface area contributed by atoms with Gasteiger partial charge in [0.15, 0.2) is 6.10 Å². The van der Waals surface area contributed by atoms with E-state index in [1.54, 1.807) is 0 Å². The second-order valence-electron chi connectivity index (χ2n) is 20.2. The quantitative estimate of drug-likeness (QED) is 0.0261. The molecule has 0 spiro atoms. The van der Waals surface area contributed by atoms with Gasteiger partial charge in [-0.05, 0) is 77.0 Å². The normalized spacial score (nSPS) is 12.7. The molecule has 0 amide bonds. The SMILES string of the molecule is CC/C=C\C/C=C\C/C=C\C/C=C\C/C=C\C/C=C\C/C=C\CCCCCC(=O)OCC(COC(=O)CCCCCCC)OC(=O)CCCCCCCCCCCCCCCCCCCCCCCCCC. The molecule has 0 heterocycles. The number of carbonyl (C=O) groups excluding carboxylic acids is 3. The Balaban J connectivity index is 4.13. The summed E-state index contributed by atoms with van der Waals surface area (Å²) in [6.45, 7) is 6.44. The summed E-state index contributed by atoms with van der Waals surface area (Å²) in [5, 5.41) is 0. The Morgan fingerprint density at radius 1 is 0.292 bits per heavy atom. The Hall–Kier alpha value is -3.41. The molecular weight excluding hydrogens is 889 g/mol. The zero-order chi connectivity index (χ0) is 52.2. The van der Waals surface area contributed by atoms with Crippen molar-refractivity contribution in [1.29, 1.82) is 0 Å². The van der Waals surface area contributed by atoms with Crippen LogP contribution in [0.4, 0.5) is 0 Å². The van der Waals surface area contributed by atoms with Crippen molar-refractivity contribution >= 4 is 17.9 Å². The lowest BCUT2D eigenvalue weighted by Gasteiger charge is -2.18. The maximum Gasteiger partial charge on any atom is 0.306 e. The topological polar surface area (TPSA) is 78.9 Å². The number of rotatable bonds is 55. The minimum Gasteiger partial charge on any atom is -0.462 e. The summed E-state index contributed by atoms with van der Waals surface area (Å²) in [7, 11) is 0. The summed E-state index contributed by atoms with van der Waals surface area (Å²) in [5.74, 6) is -0.925. The molecule has 414 valence electrons. The van der Waals surface area contributed by atoms with E-state index in [4.69, 9.17) is 14.2 Å². The van der Waals surface area contributed by atoms with Gasteiger partial charge in [-0.3, -0.25) is 14.4 Å². The van der Waals surface area contributed by atoms with Crippen molar-refractivity contribution in [3.05, 3.63) is 85.1 Å². The van der Waals surface area contributed by atoms with Crippen molar-refractivity contribution in [2.75, 3.05) is 13.2 Å². The number of unbranched alkanes of at least 4 members (excludes halogenated alkanes) is 30. The van der Waals surface area contributed by atoms with Crippen LogP contribution in [-0.2, 0) is 28.6 Å². The van der Waals surface area contributed by atoms with Gasteiger partial charge in [0.25, 0.3) is 0 Å². The fourth-order valence-corrected chi connectivity index (χ4v) is 8.60. The van der Waals surface area contributed by atoms with Crippen LogP contribution in [0, 0.1) is 0 Å². The highest BCUT2D eigenvalue weighted by atomic mass is 16.6. The third-order valence-electron chi connectivity index (χ3n) is 13.2. The van der Waals surface area contributed by atoms with Gasteiger partial charge in [0.1, 0.15) is 13.2 Å². The third-order valence-corrected chi connectivity index (χ3v) is 13.2. The molecule has 0 bridgehead atoms. The highest BCUT2D eigenvalue weighted by molar-refractivity contribution is 5.71. The van der Waals surface area contributed by atoms with Crippen LogP contribution in [0.2, 0.25) is 0 Å². The largest absolute Gasteiger partial charge is 0.462 e.